The Balaban J connectivity index is 1.83. The minimum Gasteiger partial charge on any atom is -0.324 e. The maximum atomic E-state index is 4.49. The smallest absolute Gasteiger partial charge is 0.243 e. The molecule has 0 fully saturated rings. The van der Waals surface area contributed by atoms with E-state index < -0.39 is 0 Å². The van der Waals surface area contributed by atoms with Gasteiger partial charge in [0.05, 0.1) is 5.72 Å². The first-order valence-corrected chi connectivity index (χ1v) is 7.57. The Morgan fingerprint density at radius 2 is 1.61 bits per heavy atom. The lowest BCUT2D eigenvalue weighted by Crippen LogP contribution is -2.33. The average Bonchev–Trinajstić information content (AvgIpc) is 2.51. The monoisotopic (exact) mass is 301 g/mol. The molecule has 113 valence electrons. The van der Waals surface area contributed by atoms with Crippen LogP contribution in [0.25, 0.3) is 0 Å². The molecule has 3 rings (SSSR count). The molecule has 0 aliphatic rings. The molecule has 0 aliphatic carbocycles. The number of nitrogens with zero attached hydrogens (tertiary/aromatic N) is 3. The van der Waals surface area contributed by atoms with Crippen LogP contribution in [0.15, 0.2) is 48.5 Å². The predicted molar refractivity (Wildman–Crippen MR) is 95.2 cm³/mol. The van der Waals surface area contributed by atoms with Crippen molar-refractivity contribution in [2.24, 2.45) is 0 Å². The van der Waals surface area contributed by atoms with Crippen LogP contribution >= 0.6 is 0 Å². The third kappa shape index (κ3) is 3.94. The number of aromatic nitrogens is 3. The van der Waals surface area contributed by atoms with Crippen LogP contribution in [0.3, 0.4) is 0 Å². The van der Waals surface area contributed by atoms with E-state index in [9.17, 15) is 0 Å². The third-order valence-corrected chi connectivity index (χ3v) is 3.62. The van der Waals surface area contributed by atoms with E-state index in [-0.39, 0.29) is 0 Å². The first-order chi connectivity index (χ1) is 11.1. The van der Waals surface area contributed by atoms with Crippen molar-refractivity contribution in [2.45, 2.75) is 20.8 Å². The lowest BCUT2D eigenvalue weighted by Gasteiger charge is -2.09. The van der Waals surface area contributed by atoms with Gasteiger partial charge in [-0.2, -0.15) is 4.98 Å². The van der Waals surface area contributed by atoms with E-state index in [0.717, 1.165) is 11.2 Å². The number of benzene rings is 2. The molecular weight excluding hydrogens is 283 g/mol. The summed E-state index contributed by atoms with van der Waals surface area (Å²) in [6.45, 7) is 6.06. The van der Waals surface area contributed by atoms with Gasteiger partial charge < -0.3 is 5.32 Å². The van der Waals surface area contributed by atoms with Crippen LogP contribution in [0.4, 0.5) is 11.6 Å². The van der Waals surface area contributed by atoms with Crippen molar-refractivity contribution in [1.82, 2.24) is 15.0 Å². The SMILES string of the molecule is Cc1nc([B]c2ccccc2)nc(Nc2ccc(C)c(C)c2)n1. The summed E-state index contributed by atoms with van der Waals surface area (Å²) in [6, 6.07) is 16.2. The lowest BCUT2D eigenvalue weighted by atomic mass is 9.69. The molecule has 1 heterocycles. The standard InChI is InChI=1S/C18H18BN4/c1-12-9-10-16(11-13(12)2)22-18-21-14(3)20-17(23-18)19-15-7-5-4-6-8-15/h4-11H,1-3H3,(H,20,21,22,23). The minimum absolute atomic E-state index is 0.558. The van der Waals surface area contributed by atoms with Crippen LogP contribution < -0.4 is 16.5 Å². The van der Waals surface area contributed by atoms with Crippen molar-refractivity contribution >= 4 is 30.1 Å². The van der Waals surface area contributed by atoms with Gasteiger partial charge in [-0.25, -0.2) is 9.97 Å². The van der Waals surface area contributed by atoms with Gasteiger partial charge in [0.15, 0.2) is 0 Å². The molecule has 4 nitrogen and oxygen atoms in total. The summed E-state index contributed by atoms with van der Waals surface area (Å²) in [6.07, 6.45) is 0. The Kier molecular flexibility index (Phi) is 4.37. The van der Waals surface area contributed by atoms with Crippen LogP contribution in [0.5, 0.6) is 0 Å². The normalized spacial score (nSPS) is 10.4. The fraction of sp³-hybridized carbons (Fsp3) is 0.167. The van der Waals surface area contributed by atoms with Crippen LogP contribution in [-0.4, -0.2) is 22.2 Å². The van der Waals surface area contributed by atoms with Gasteiger partial charge in [0.2, 0.25) is 13.2 Å². The van der Waals surface area contributed by atoms with Crippen LogP contribution in [0.2, 0.25) is 0 Å². The summed E-state index contributed by atoms with van der Waals surface area (Å²) in [5.41, 5.74) is 5.19. The first kappa shape index (κ1) is 15.2. The Hall–Kier alpha value is -2.69. The van der Waals surface area contributed by atoms with Gasteiger partial charge in [0.25, 0.3) is 0 Å². The van der Waals surface area contributed by atoms with Crippen LogP contribution in [-0.2, 0) is 0 Å². The van der Waals surface area contributed by atoms with E-state index in [1.807, 2.05) is 50.6 Å². The molecule has 0 aliphatic heterocycles. The molecule has 0 unspecified atom stereocenters. The largest absolute Gasteiger partial charge is 0.324 e. The number of rotatable bonds is 4. The van der Waals surface area contributed by atoms with Crippen molar-refractivity contribution in [3.05, 3.63) is 65.5 Å². The van der Waals surface area contributed by atoms with Gasteiger partial charge in [0.1, 0.15) is 5.82 Å². The molecule has 3 aromatic rings. The van der Waals surface area contributed by atoms with Crippen molar-refractivity contribution in [3.63, 3.8) is 0 Å². The maximum absolute atomic E-state index is 4.49. The molecule has 2 aromatic carbocycles. The number of aryl methyl sites for hydroxylation is 3. The molecule has 0 saturated carbocycles. The highest BCUT2D eigenvalue weighted by Crippen LogP contribution is 2.16. The summed E-state index contributed by atoms with van der Waals surface area (Å²) in [4.78, 5) is 13.2. The van der Waals surface area contributed by atoms with E-state index in [2.05, 4.69) is 46.2 Å². The quantitative estimate of drug-likeness (QED) is 0.751. The van der Waals surface area contributed by atoms with Gasteiger partial charge in [-0.15, -0.1) is 0 Å². The number of hydrogen-bond acceptors (Lipinski definition) is 4. The first-order valence-electron chi connectivity index (χ1n) is 7.57. The Morgan fingerprint density at radius 3 is 2.35 bits per heavy atom. The second-order valence-corrected chi connectivity index (χ2v) is 5.54. The molecule has 0 amide bonds. The minimum atomic E-state index is 0.558. The second-order valence-electron chi connectivity index (χ2n) is 5.54. The van der Waals surface area contributed by atoms with Crippen molar-refractivity contribution in [3.8, 4) is 0 Å². The predicted octanol–water partition coefficient (Wildman–Crippen LogP) is 2.20. The molecule has 0 atom stereocenters. The highest BCUT2D eigenvalue weighted by atomic mass is 15.1. The zero-order valence-corrected chi connectivity index (χ0v) is 13.5. The summed E-state index contributed by atoms with van der Waals surface area (Å²) in [5.74, 6) is 1.25. The Morgan fingerprint density at radius 1 is 0.826 bits per heavy atom. The van der Waals surface area contributed by atoms with Crippen molar-refractivity contribution in [2.75, 3.05) is 5.32 Å². The van der Waals surface area contributed by atoms with Crippen LogP contribution in [0.1, 0.15) is 17.0 Å². The van der Waals surface area contributed by atoms with Gasteiger partial charge in [-0.3, -0.25) is 0 Å². The molecule has 1 radical (unpaired) electrons. The van der Waals surface area contributed by atoms with Crippen LogP contribution in [0, 0.1) is 20.8 Å². The topological polar surface area (TPSA) is 50.7 Å². The summed E-state index contributed by atoms with van der Waals surface area (Å²) < 4.78 is 0. The van der Waals surface area contributed by atoms with Crippen molar-refractivity contribution in [1.29, 1.82) is 0 Å². The molecular formula is C18H18BN4. The average molecular weight is 301 g/mol. The number of hydrogen-bond donors (Lipinski definition) is 1. The van der Waals surface area contributed by atoms with Crippen molar-refractivity contribution < 1.29 is 0 Å². The zero-order valence-electron chi connectivity index (χ0n) is 13.5. The molecule has 0 spiro atoms. The molecule has 5 heteroatoms. The Bertz CT molecular complexity index is 819. The van der Waals surface area contributed by atoms with E-state index in [4.69, 9.17) is 0 Å². The van der Waals surface area contributed by atoms with Gasteiger partial charge in [-0.05, 0) is 44.0 Å². The molecule has 1 aromatic heterocycles. The van der Waals surface area contributed by atoms with Gasteiger partial charge in [0, 0.05) is 5.69 Å². The zero-order chi connectivity index (χ0) is 16.2. The highest BCUT2D eigenvalue weighted by molar-refractivity contribution is 6.65. The lowest BCUT2D eigenvalue weighted by molar-refractivity contribution is 1.01. The maximum Gasteiger partial charge on any atom is 0.243 e. The highest BCUT2D eigenvalue weighted by Gasteiger charge is 2.07. The summed E-state index contributed by atoms with van der Waals surface area (Å²) >= 11 is 0. The number of anilines is 2. The van der Waals surface area contributed by atoms with E-state index in [1.165, 1.54) is 11.1 Å². The fourth-order valence-corrected chi connectivity index (χ4v) is 2.27. The van der Waals surface area contributed by atoms with E-state index in [0.29, 0.717) is 17.5 Å². The van der Waals surface area contributed by atoms with Gasteiger partial charge in [-0.1, -0.05) is 41.9 Å². The molecule has 1 N–H and O–H groups in total. The molecule has 23 heavy (non-hydrogen) atoms. The van der Waals surface area contributed by atoms with E-state index >= 15 is 0 Å². The summed E-state index contributed by atoms with van der Waals surface area (Å²) in [7, 11) is 1.94. The second kappa shape index (κ2) is 6.61. The third-order valence-electron chi connectivity index (χ3n) is 3.62. The number of nitrogens with one attached hydrogen (secondary N) is 1. The molecule has 0 saturated heterocycles. The molecule has 0 bridgehead atoms. The van der Waals surface area contributed by atoms with Gasteiger partial charge >= 0.3 is 0 Å². The fourth-order valence-electron chi connectivity index (χ4n) is 2.27. The Labute approximate surface area is 137 Å². The van der Waals surface area contributed by atoms with E-state index in [1.54, 1.807) is 0 Å². The summed E-state index contributed by atoms with van der Waals surface area (Å²) in [5, 5.41) is 3.26.